The lowest BCUT2D eigenvalue weighted by molar-refractivity contribution is 0.154. The fraction of sp³-hybridized carbons (Fsp3) is 0.421. The molecule has 2 aromatic rings. The summed E-state index contributed by atoms with van der Waals surface area (Å²) in [7, 11) is 0. The maximum atomic E-state index is 9.46. The van der Waals surface area contributed by atoms with Crippen molar-refractivity contribution in [3.63, 3.8) is 0 Å². The summed E-state index contributed by atoms with van der Waals surface area (Å²) in [6.07, 6.45) is 0.208. The molecular weight excluding hydrogens is 290 g/mol. The van der Waals surface area contributed by atoms with Crippen LogP contribution in [0.5, 0.6) is 5.88 Å². The number of aryl methyl sites for hydroxylation is 2. The van der Waals surface area contributed by atoms with E-state index in [9.17, 15) is 10.2 Å². The number of benzene rings is 1. The highest BCUT2D eigenvalue weighted by Gasteiger charge is 2.13. The van der Waals surface area contributed by atoms with E-state index in [0.29, 0.717) is 18.9 Å². The molecule has 0 aliphatic carbocycles. The van der Waals surface area contributed by atoms with Gasteiger partial charge in [-0.05, 0) is 49.9 Å². The number of aliphatic hydroxyl groups excluding tert-OH is 2. The third-order valence-corrected chi connectivity index (χ3v) is 4.05. The molecule has 0 unspecified atom stereocenters. The normalized spacial score (nSPS) is 12.3. The van der Waals surface area contributed by atoms with Gasteiger partial charge in [0.05, 0.1) is 19.3 Å². The summed E-state index contributed by atoms with van der Waals surface area (Å²) in [5, 5.41) is 18.7. The van der Waals surface area contributed by atoms with Crippen molar-refractivity contribution in [1.82, 2.24) is 4.98 Å². The molecular formula is C19H25NO3. The van der Waals surface area contributed by atoms with Gasteiger partial charge in [-0.2, -0.15) is 0 Å². The SMILES string of the molecule is Cc1cc(OCC[C@@H](C)O)nc(C)c1-c1cccc(CO)c1C. The van der Waals surface area contributed by atoms with E-state index < -0.39 is 0 Å². The number of ether oxygens (including phenoxy) is 1. The van der Waals surface area contributed by atoms with Gasteiger partial charge in [-0.25, -0.2) is 4.98 Å². The van der Waals surface area contributed by atoms with Crippen LogP contribution in [0.3, 0.4) is 0 Å². The minimum atomic E-state index is -0.375. The fourth-order valence-corrected chi connectivity index (χ4v) is 2.74. The lowest BCUT2D eigenvalue weighted by Gasteiger charge is -2.16. The maximum absolute atomic E-state index is 9.46. The molecule has 0 amide bonds. The molecule has 4 heteroatoms. The first-order valence-electron chi connectivity index (χ1n) is 7.92. The smallest absolute Gasteiger partial charge is 0.213 e. The van der Waals surface area contributed by atoms with Crippen LogP contribution in [0, 0.1) is 20.8 Å². The minimum absolute atomic E-state index is 0.0335. The molecule has 0 saturated heterocycles. The van der Waals surface area contributed by atoms with Gasteiger partial charge in [-0.3, -0.25) is 0 Å². The first-order chi connectivity index (χ1) is 10.9. The van der Waals surface area contributed by atoms with Gasteiger partial charge in [0, 0.05) is 23.7 Å². The van der Waals surface area contributed by atoms with Gasteiger partial charge in [0.2, 0.25) is 5.88 Å². The Kier molecular flexibility index (Phi) is 5.74. The van der Waals surface area contributed by atoms with Gasteiger partial charge in [-0.15, -0.1) is 0 Å². The lowest BCUT2D eigenvalue weighted by atomic mass is 9.93. The summed E-state index contributed by atoms with van der Waals surface area (Å²) in [6.45, 7) is 8.25. The largest absolute Gasteiger partial charge is 0.478 e. The number of pyridine rings is 1. The molecule has 0 radical (unpaired) electrons. The van der Waals surface area contributed by atoms with Crippen LogP contribution in [0.4, 0.5) is 0 Å². The van der Waals surface area contributed by atoms with Crippen LogP contribution in [-0.2, 0) is 6.61 Å². The average Bonchev–Trinajstić information content (AvgIpc) is 2.48. The van der Waals surface area contributed by atoms with Crippen molar-refractivity contribution in [3.05, 3.63) is 46.6 Å². The van der Waals surface area contributed by atoms with Crippen molar-refractivity contribution in [2.24, 2.45) is 0 Å². The minimum Gasteiger partial charge on any atom is -0.478 e. The van der Waals surface area contributed by atoms with Gasteiger partial charge < -0.3 is 14.9 Å². The van der Waals surface area contributed by atoms with E-state index in [1.807, 2.05) is 39.0 Å². The molecule has 0 bridgehead atoms. The van der Waals surface area contributed by atoms with Crippen LogP contribution >= 0.6 is 0 Å². The Hall–Kier alpha value is -1.91. The quantitative estimate of drug-likeness (QED) is 0.858. The number of rotatable bonds is 6. The Morgan fingerprint density at radius 3 is 2.57 bits per heavy atom. The summed E-state index contributed by atoms with van der Waals surface area (Å²) in [5.74, 6) is 0.584. The molecule has 0 spiro atoms. The molecule has 1 atom stereocenters. The predicted octanol–water partition coefficient (Wildman–Crippen LogP) is 3.32. The second-order valence-electron chi connectivity index (χ2n) is 5.97. The topological polar surface area (TPSA) is 62.6 Å². The Labute approximate surface area is 137 Å². The maximum Gasteiger partial charge on any atom is 0.213 e. The Bertz CT molecular complexity index is 657. The molecule has 23 heavy (non-hydrogen) atoms. The standard InChI is InChI=1S/C19H25NO3/c1-12-10-18(23-9-8-13(2)22)20-15(4)19(12)17-7-5-6-16(11-21)14(17)3/h5-7,10,13,21-22H,8-9,11H2,1-4H3/t13-/m1/s1. The Balaban J connectivity index is 2.34. The van der Waals surface area contributed by atoms with Gasteiger partial charge >= 0.3 is 0 Å². The van der Waals surface area contributed by atoms with Crippen molar-refractivity contribution in [1.29, 1.82) is 0 Å². The Morgan fingerprint density at radius 2 is 1.96 bits per heavy atom. The van der Waals surface area contributed by atoms with E-state index in [1.54, 1.807) is 6.92 Å². The highest BCUT2D eigenvalue weighted by atomic mass is 16.5. The first-order valence-corrected chi connectivity index (χ1v) is 7.92. The van der Waals surface area contributed by atoms with E-state index in [1.165, 1.54) is 0 Å². The van der Waals surface area contributed by atoms with Crippen molar-refractivity contribution in [2.75, 3.05) is 6.61 Å². The molecule has 124 valence electrons. The molecule has 0 aliphatic rings. The third-order valence-electron chi connectivity index (χ3n) is 4.05. The second-order valence-corrected chi connectivity index (χ2v) is 5.97. The first kappa shape index (κ1) is 17.4. The zero-order valence-electron chi connectivity index (χ0n) is 14.3. The monoisotopic (exact) mass is 315 g/mol. The van der Waals surface area contributed by atoms with Crippen LogP contribution in [0.25, 0.3) is 11.1 Å². The summed E-state index contributed by atoms with van der Waals surface area (Å²) in [4.78, 5) is 4.54. The van der Waals surface area contributed by atoms with Crippen molar-refractivity contribution in [2.45, 2.75) is 46.8 Å². The number of hydrogen-bond donors (Lipinski definition) is 2. The number of aliphatic hydroxyl groups is 2. The molecule has 1 aromatic carbocycles. The molecule has 2 N–H and O–H groups in total. The van der Waals surface area contributed by atoms with Gasteiger partial charge in [0.1, 0.15) is 0 Å². The van der Waals surface area contributed by atoms with Gasteiger partial charge in [-0.1, -0.05) is 18.2 Å². The third kappa shape index (κ3) is 4.09. The van der Waals surface area contributed by atoms with E-state index in [4.69, 9.17) is 4.74 Å². The highest BCUT2D eigenvalue weighted by Crippen LogP contribution is 2.32. The number of hydrogen-bond acceptors (Lipinski definition) is 4. The zero-order valence-corrected chi connectivity index (χ0v) is 14.3. The summed E-state index contributed by atoms with van der Waals surface area (Å²) >= 11 is 0. The summed E-state index contributed by atoms with van der Waals surface area (Å²) in [5.41, 5.74) is 6.16. The Morgan fingerprint density at radius 1 is 1.22 bits per heavy atom. The van der Waals surface area contributed by atoms with E-state index >= 15 is 0 Å². The average molecular weight is 315 g/mol. The number of nitrogens with zero attached hydrogens (tertiary/aromatic N) is 1. The lowest BCUT2D eigenvalue weighted by Crippen LogP contribution is -2.09. The van der Waals surface area contributed by atoms with E-state index in [0.717, 1.165) is 33.5 Å². The molecule has 1 heterocycles. The molecule has 0 saturated carbocycles. The fourth-order valence-electron chi connectivity index (χ4n) is 2.74. The predicted molar refractivity (Wildman–Crippen MR) is 91.6 cm³/mol. The summed E-state index contributed by atoms with van der Waals surface area (Å²) < 4.78 is 5.63. The van der Waals surface area contributed by atoms with Crippen LogP contribution in [-0.4, -0.2) is 27.9 Å². The van der Waals surface area contributed by atoms with Crippen LogP contribution in [0.2, 0.25) is 0 Å². The molecule has 0 fully saturated rings. The van der Waals surface area contributed by atoms with Crippen LogP contribution in [0.1, 0.15) is 35.7 Å². The van der Waals surface area contributed by atoms with Crippen molar-refractivity contribution >= 4 is 0 Å². The molecule has 1 aromatic heterocycles. The second kappa shape index (κ2) is 7.57. The molecule has 2 rings (SSSR count). The van der Waals surface area contributed by atoms with Crippen molar-refractivity contribution < 1.29 is 14.9 Å². The van der Waals surface area contributed by atoms with Gasteiger partial charge in [0.25, 0.3) is 0 Å². The number of aromatic nitrogens is 1. The van der Waals surface area contributed by atoms with E-state index in [-0.39, 0.29) is 12.7 Å². The zero-order chi connectivity index (χ0) is 17.0. The highest BCUT2D eigenvalue weighted by molar-refractivity contribution is 5.73. The van der Waals surface area contributed by atoms with Crippen LogP contribution < -0.4 is 4.74 Å². The van der Waals surface area contributed by atoms with Crippen LogP contribution in [0.15, 0.2) is 24.3 Å². The molecule has 0 aliphatic heterocycles. The van der Waals surface area contributed by atoms with Gasteiger partial charge in [0.15, 0.2) is 0 Å². The van der Waals surface area contributed by atoms with Crippen molar-refractivity contribution in [3.8, 4) is 17.0 Å². The van der Waals surface area contributed by atoms with E-state index in [2.05, 4.69) is 11.1 Å². The molecule has 4 nitrogen and oxygen atoms in total. The summed E-state index contributed by atoms with van der Waals surface area (Å²) in [6, 6.07) is 7.87.